The Labute approximate surface area is 145 Å². The normalized spacial score (nSPS) is 11.0. The zero-order valence-corrected chi connectivity index (χ0v) is 14.0. The average Bonchev–Trinajstić information content (AvgIpc) is 3.27. The van der Waals surface area contributed by atoms with Crippen LogP contribution in [0.2, 0.25) is 0 Å². The molecule has 25 heavy (non-hydrogen) atoms. The summed E-state index contributed by atoms with van der Waals surface area (Å²) in [5.41, 5.74) is 3.59. The molecule has 4 aromatic heterocycles. The largest absolute Gasteiger partial charge is 0.343 e. The highest BCUT2D eigenvalue weighted by Crippen LogP contribution is 2.22. The maximum Gasteiger partial charge on any atom is 0.273 e. The van der Waals surface area contributed by atoms with Crippen molar-refractivity contribution in [3.8, 4) is 16.9 Å². The maximum atomic E-state index is 12.1. The van der Waals surface area contributed by atoms with Crippen molar-refractivity contribution in [2.75, 3.05) is 14.1 Å². The van der Waals surface area contributed by atoms with E-state index in [-0.39, 0.29) is 5.91 Å². The zero-order valence-electron chi connectivity index (χ0n) is 14.0. The van der Waals surface area contributed by atoms with E-state index in [2.05, 4.69) is 32.8 Å². The molecule has 0 aromatic carbocycles. The first-order valence-electron chi connectivity index (χ1n) is 7.93. The third-order valence-electron chi connectivity index (χ3n) is 4.07. The third-order valence-corrected chi connectivity index (χ3v) is 4.07. The van der Waals surface area contributed by atoms with Crippen molar-refractivity contribution in [2.24, 2.45) is 0 Å². The van der Waals surface area contributed by atoms with Crippen molar-refractivity contribution in [1.82, 2.24) is 24.1 Å². The van der Waals surface area contributed by atoms with Crippen molar-refractivity contribution < 1.29 is 4.79 Å². The van der Waals surface area contributed by atoms with Crippen molar-refractivity contribution >= 4 is 11.4 Å². The molecule has 4 rings (SSSR count). The van der Waals surface area contributed by atoms with Crippen LogP contribution >= 0.6 is 0 Å². The van der Waals surface area contributed by atoms with E-state index in [4.69, 9.17) is 0 Å². The molecule has 0 spiro atoms. The first kappa shape index (κ1) is 15.1. The fraction of sp³-hybridized carbons (Fsp3) is 0.105. The van der Waals surface area contributed by atoms with Gasteiger partial charge in [-0.3, -0.25) is 9.78 Å². The summed E-state index contributed by atoms with van der Waals surface area (Å²) in [6.45, 7) is 0. The quantitative estimate of drug-likeness (QED) is 0.580. The van der Waals surface area contributed by atoms with E-state index >= 15 is 0 Å². The monoisotopic (exact) mass is 331 g/mol. The van der Waals surface area contributed by atoms with Gasteiger partial charge in [0.05, 0.1) is 0 Å². The van der Waals surface area contributed by atoms with E-state index < -0.39 is 0 Å². The Kier molecular flexibility index (Phi) is 3.57. The van der Waals surface area contributed by atoms with Gasteiger partial charge >= 0.3 is 0 Å². The summed E-state index contributed by atoms with van der Waals surface area (Å²) in [6.07, 6.45) is 7.45. The topological polar surface area (TPSA) is 55.4 Å². The molecular weight excluding hydrogens is 314 g/mol. The Hall–Kier alpha value is -3.41. The molecule has 6 heteroatoms. The number of carbonyl (C=O) groups excluding carboxylic acids is 1. The van der Waals surface area contributed by atoms with Crippen molar-refractivity contribution in [3.05, 3.63) is 72.9 Å². The minimum absolute atomic E-state index is 0.115. The zero-order chi connectivity index (χ0) is 17.4. The van der Waals surface area contributed by atoms with Crippen molar-refractivity contribution in [3.63, 3.8) is 0 Å². The number of carbonyl (C=O) groups is 1. The summed E-state index contributed by atoms with van der Waals surface area (Å²) in [5.74, 6) is 0.759. The Balaban J connectivity index is 1.79. The predicted molar refractivity (Wildman–Crippen MR) is 95.8 cm³/mol. The van der Waals surface area contributed by atoms with E-state index in [1.807, 2.05) is 30.5 Å². The molecule has 0 aliphatic rings. The van der Waals surface area contributed by atoms with E-state index in [9.17, 15) is 4.79 Å². The molecule has 1 amide bonds. The van der Waals surface area contributed by atoms with Gasteiger partial charge in [0, 0.05) is 50.0 Å². The van der Waals surface area contributed by atoms with Gasteiger partial charge in [-0.2, -0.15) is 5.10 Å². The maximum absolute atomic E-state index is 12.1. The van der Waals surface area contributed by atoms with Gasteiger partial charge in [0.1, 0.15) is 5.82 Å². The number of hydrogen-bond acceptors (Lipinski definition) is 3. The molecule has 0 saturated carbocycles. The van der Waals surface area contributed by atoms with Crippen LogP contribution in [0.4, 0.5) is 0 Å². The minimum Gasteiger partial charge on any atom is -0.343 e. The number of pyridine rings is 2. The molecule has 0 bridgehead atoms. The highest BCUT2D eigenvalue weighted by atomic mass is 16.2. The fourth-order valence-electron chi connectivity index (χ4n) is 2.77. The number of rotatable bonds is 3. The lowest BCUT2D eigenvalue weighted by molar-refractivity contribution is 0.0821. The summed E-state index contributed by atoms with van der Waals surface area (Å²) < 4.78 is 3.77. The SMILES string of the molecule is CN(C)C(=O)c1ccn(-c2ccc3ccc(-c4cccnc4)cn23)n1. The van der Waals surface area contributed by atoms with Gasteiger partial charge in [-0.15, -0.1) is 0 Å². The summed E-state index contributed by atoms with van der Waals surface area (Å²) in [4.78, 5) is 17.8. The molecule has 0 fully saturated rings. The molecule has 0 aliphatic carbocycles. The highest BCUT2D eigenvalue weighted by Gasteiger charge is 2.13. The molecule has 0 radical (unpaired) electrons. The van der Waals surface area contributed by atoms with Crippen LogP contribution in [0.5, 0.6) is 0 Å². The van der Waals surface area contributed by atoms with Crippen molar-refractivity contribution in [1.29, 1.82) is 0 Å². The fourth-order valence-corrected chi connectivity index (χ4v) is 2.77. The van der Waals surface area contributed by atoms with Crippen LogP contribution in [0.15, 0.2) is 67.3 Å². The summed E-state index contributed by atoms with van der Waals surface area (Å²) in [6, 6.07) is 13.8. The molecule has 4 aromatic rings. The first-order chi connectivity index (χ1) is 12.1. The first-order valence-corrected chi connectivity index (χ1v) is 7.93. The van der Waals surface area contributed by atoms with Gasteiger partial charge in [0.15, 0.2) is 5.69 Å². The second kappa shape index (κ2) is 5.90. The molecule has 0 aliphatic heterocycles. The third kappa shape index (κ3) is 2.67. The summed E-state index contributed by atoms with van der Waals surface area (Å²) in [5, 5.41) is 4.42. The van der Waals surface area contributed by atoms with Gasteiger partial charge in [-0.05, 0) is 35.9 Å². The number of nitrogens with zero attached hydrogens (tertiary/aromatic N) is 5. The standard InChI is InChI=1S/C19H17N5O/c1-22(2)19(25)17-9-11-24(21-17)18-8-7-16-6-5-15(13-23(16)18)14-4-3-10-20-12-14/h3-13H,1-2H3. The Bertz CT molecular complexity index is 1050. The molecule has 0 unspecified atom stereocenters. The van der Waals surface area contributed by atoms with E-state index in [0.717, 1.165) is 22.5 Å². The molecule has 0 N–H and O–H groups in total. The van der Waals surface area contributed by atoms with Crippen LogP contribution in [0.1, 0.15) is 10.5 Å². The van der Waals surface area contributed by atoms with Gasteiger partial charge in [-0.25, -0.2) is 4.68 Å². The highest BCUT2D eigenvalue weighted by molar-refractivity contribution is 5.91. The van der Waals surface area contributed by atoms with E-state index in [0.29, 0.717) is 5.69 Å². The molecule has 0 saturated heterocycles. The molecule has 6 nitrogen and oxygen atoms in total. The average molecular weight is 331 g/mol. The van der Waals surface area contributed by atoms with Crippen LogP contribution < -0.4 is 0 Å². The van der Waals surface area contributed by atoms with Crippen LogP contribution in [-0.4, -0.2) is 44.1 Å². The minimum atomic E-state index is -0.115. The van der Waals surface area contributed by atoms with Gasteiger partial charge in [0.25, 0.3) is 5.91 Å². The second-order valence-corrected chi connectivity index (χ2v) is 5.99. The lowest BCUT2D eigenvalue weighted by Crippen LogP contribution is -2.22. The lowest BCUT2D eigenvalue weighted by atomic mass is 10.1. The van der Waals surface area contributed by atoms with Crippen LogP contribution in [0.3, 0.4) is 0 Å². The molecule has 0 atom stereocenters. The van der Waals surface area contributed by atoms with Crippen LogP contribution in [0, 0.1) is 0 Å². The van der Waals surface area contributed by atoms with E-state index in [1.165, 1.54) is 4.90 Å². The summed E-state index contributed by atoms with van der Waals surface area (Å²) >= 11 is 0. The number of hydrogen-bond donors (Lipinski definition) is 0. The van der Waals surface area contributed by atoms with Crippen molar-refractivity contribution in [2.45, 2.75) is 0 Å². The van der Waals surface area contributed by atoms with Gasteiger partial charge < -0.3 is 9.30 Å². The lowest BCUT2D eigenvalue weighted by Gasteiger charge is -2.08. The van der Waals surface area contributed by atoms with Crippen LogP contribution in [-0.2, 0) is 0 Å². The predicted octanol–water partition coefficient (Wildman–Crippen LogP) is 2.89. The molecule has 124 valence electrons. The van der Waals surface area contributed by atoms with E-state index in [1.54, 1.807) is 37.2 Å². The smallest absolute Gasteiger partial charge is 0.273 e. The van der Waals surface area contributed by atoms with Gasteiger partial charge in [0.2, 0.25) is 0 Å². The number of fused-ring (bicyclic) bond motifs is 1. The Morgan fingerprint density at radius 1 is 1.04 bits per heavy atom. The number of aromatic nitrogens is 4. The molecular formula is C19H17N5O. The number of amides is 1. The molecule has 4 heterocycles. The second-order valence-electron chi connectivity index (χ2n) is 5.99. The van der Waals surface area contributed by atoms with Crippen LogP contribution in [0.25, 0.3) is 22.5 Å². The summed E-state index contributed by atoms with van der Waals surface area (Å²) in [7, 11) is 3.43. The Morgan fingerprint density at radius 2 is 1.88 bits per heavy atom. The Morgan fingerprint density at radius 3 is 2.64 bits per heavy atom. The van der Waals surface area contributed by atoms with Gasteiger partial charge in [-0.1, -0.05) is 12.1 Å².